The van der Waals surface area contributed by atoms with Gasteiger partial charge in [-0.25, -0.2) is 22.4 Å². The van der Waals surface area contributed by atoms with Crippen molar-refractivity contribution in [2.75, 3.05) is 0 Å². The maximum absolute atomic E-state index is 12.1. The summed E-state index contributed by atoms with van der Waals surface area (Å²) in [4.78, 5) is 54.6. The summed E-state index contributed by atoms with van der Waals surface area (Å²) < 4.78 is 55.7. The second kappa shape index (κ2) is 28.4. The van der Waals surface area contributed by atoms with Gasteiger partial charge >= 0.3 is 24.2 Å². The van der Waals surface area contributed by atoms with E-state index in [4.69, 9.17) is 33.8 Å². The molecule has 0 aliphatic carbocycles. The van der Waals surface area contributed by atoms with Crippen LogP contribution >= 0.6 is 0 Å². The number of allylic oxidation sites excluding steroid dienone is 1. The number of ether oxygens (including phenoxy) is 2. The van der Waals surface area contributed by atoms with E-state index in [-0.39, 0.29) is 42.0 Å². The molecule has 1 unspecified atom stereocenters. The monoisotopic (exact) mass is 534 g/mol. The predicted molar refractivity (Wildman–Crippen MR) is 119 cm³/mol. The molecular formula is C23H38F4O9. The van der Waals surface area contributed by atoms with Crippen LogP contribution in [0.1, 0.15) is 68.7 Å². The Labute approximate surface area is 209 Å². The van der Waals surface area contributed by atoms with Crippen molar-refractivity contribution >= 4 is 24.2 Å². The van der Waals surface area contributed by atoms with Crippen LogP contribution in [0.5, 0.6) is 0 Å². The summed E-state index contributed by atoms with van der Waals surface area (Å²) >= 11 is 0. The van der Waals surface area contributed by atoms with Crippen molar-refractivity contribution in [3.05, 3.63) is 11.6 Å². The van der Waals surface area contributed by atoms with E-state index >= 15 is 0 Å². The minimum absolute atomic E-state index is 0.0197. The van der Waals surface area contributed by atoms with Crippen molar-refractivity contribution in [1.29, 1.82) is 0 Å². The lowest BCUT2D eigenvalue weighted by atomic mass is 10.0. The number of esters is 2. The molecule has 0 aromatic rings. The number of aliphatic hydroxyl groups excluding tert-OH is 1. The Morgan fingerprint density at radius 1 is 0.778 bits per heavy atom. The topological polar surface area (TPSA) is 141 Å². The zero-order valence-corrected chi connectivity index (χ0v) is 22.1. The predicted octanol–water partition coefficient (Wildman–Crippen LogP) is 4.23. The van der Waals surface area contributed by atoms with Gasteiger partial charge in [0.05, 0.1) is 12.2 Å². The minimum atomic E-state index is -2.62. The maximum atomic E-state index is 12.1. The van der Waals surface area contributed by atoms with Gasteiger partial charge in [-0.15, -0.1) is 0 Å². The Bertz CT molecular complexity index is 618. The lowest BCUT2D eigenvalue weighted by Gasteiger charge is -2.13. The van der Waals surface area contributed by atoms with Gasteiger partial charge < -0.3 is 14.6 Å². The van der Waals surface area contributed by atoms with E-state index < -0.39 is 24.9 Å². The number of aliphatic hydroxyl groups is 1. The summed E-state index contributed by atoms with van der Waals surface area (Å²) in [5.41, 5.74) is 0.0358. The summed E-state index contributed by atoms with van der Waals surface area (Å²) in [6, 6.07) is 0. The number of rotatable bonds is 8. The third-order valence-electron chi connectivity index (χ3n) is 2.81. The van der Waals surface area contributed by atoms with Gasteiger partial charge in [-0.3, -0.25) is 4.79 Å². The normalized spacial score (nSPS) is 10.9. The van der Waals surface area contributed by atoms with Crippen LogP contribution in [0.4, 0.5) is 17.6 Å². The minimum Gasteiger partial charge on any atom is -0.463 e. The molecule has 9 nitrogen and oxygen atoms in total. The molecule has 0 bridgehead atoms. The molecule has 0 rings (SSSR count). The van der Waals surface area contributed by atoms with Crippen LogP contribution in [0.25, 0.3) is 0 Å². The van der Waals surface area contributed by atoms with Gasteiger partial charge in [-0.1, -0.05) is 27.7 Å². The molecule has 0 radical (unpaired) electrons. The number of alkyl halides is 4. The first kappa shape index (κ1) is 43.2. The molecule has 0 aliphatic rings. The molecular weight excluding hydrogens is 496 g/mol. The molecule has 13 heteroatoms. The molecule has 0 spiro atoms. The van der Waals surface area contributed by atoms with E-state index in [9.17, 15) is 27.2 Å². The Morgan fingerprint density at radius 2 is 1.11 bits per heavy atom. The van der Waals surface area contributed by atoms with E-state index in [1.54, 1.807) is 27.7 Å². The van der Waals surface area contributed by atoms with Gasteiger partial charge in [0.15, 0.2) is 0 Å². The van der Waals surface area contributed by atoms with Crippen LogP contribution in [-0.2, 0) is 38.2 Å². The average Bonchev–Trinajstić information content (AvgIpc) is 2.66. The first-order chi connectivity index (χ1) is 16.3. The van der Waals surface area contributed by atoms with Crippen LogP contribution in [0.2, 0.25) is 0 Å². The standard InChI is InChI=1S/C10H16F2O2.C8H16O2.C3H6F2O.2CO2/c1-6(2)8(5-9(11)12)10(13)14-7(3)4;1-6(2)5-8(9)10-7(3)4;1-2(6)3(4)5;2*2-1-3/h5-7,9H,1-4H3;6-7H,5H2,1-4H3;2-3,6H,1H3;;/b8-5-;;;;. The summed E-state index contributed by atoms with van der Waals surface area (Å²) in [6.45, 7) is 15.5. The average molecular weight is 535 g/mol. The first-order valence-electron chi connectivity index (χ1n) is 10.7. The molecule has 0 aromatic heterocycles. The highest BCUT2D eigenvalue weighted by atomic mass is 19.3. The number of carbonyl (C=O) groups excluding carboxylic acids is 6. The maximum Gasteiger partial charge on any atom is 0.373 e. The number of hydrogen-bond acceptors (Lipinski definition) is 9. The summed E-state index contributed by atoms with van der Waals surface area (Å²) in [7, 11) is 0. The molecule has 212 valence electrons. The van der Waals surface area contributed by atoms with Crippen molar-refractivity contribution < 1.29 is 60.9 Å². The van der Waals surface area contributed by atoms with Crippen LogP contribution in [0, 0.1) is 11.8 Å². The fourth-order valence-corrected chi connectivity index (χ4v) is 1.56. The molecule has 1 atom stereocenters. The molecule has 0 saturated heterocycles. The highest BCUT2D eigenvalue weighted by molar-refractivity contribution is 5.89. The largest absolute Gasteiger partial charge is 0.463 e. The smallest absolute Gasteiger partial charge is 0.373 e. The summed E-state index contributed by atoms with van der Waals surface area (Å²) in [5.74, 6) is -0.609. The second-order valence-corrected chi connectivity index (χ2v) is 7.94. The first-order valence-corrected chi connectivity index (χ1v) is 10.7. The highest BCUT2D eigenvalue weighted by Crippen LogP contribution is 2.15. The van der Waals surface area contributed by atoms with Crippen LogP contribution in [0.15, 0.2) is 11.6 Å². The third kappa shape index (κ3) is 44.7. The zero-order valence-electron chi connectivity index (χ0n) is 22.1. The van der Waals surface area contributed by atoms with E-state index in [0.717, 1.165) is 6.92 Å². The van der Waals surface area contributed by atoms with Gasteiger partial charge in [0, 0.05) is 12.0 Å². The summed E-state index contributed by atoms with van der Waals surface area (Å²) in [6.07, 6.45) is -5.29. The van der Waals surface area contributed by atoms with Crippen molar-refractivity contribution in [3.63, 3.8) is 0 Å². The molecule has 0 aliphatic heterocycles. The van der Waals surface area contributed by atoms with Gasteiger partial charge in [0.25, 0.3) is 12.9 Å². The number of halogens is 4. The van der Waals surface area contributed by atoms with Gasteiger partial charge in [0.2, 0.25) is 0 Å². The molecule has 0 heterocycles. The van der Waals surface area contributed by atoms with Gasteiger partial charge in [0.1, 0.15) is 6.10 Å². The lowest BCUT2D eigenvalue weighted by Crippen LogP contribution is -2.17. The molecule has 1 N–H and O–H groups in total. The third-order valence-corrected chi connectivity index (χ3v) is 2.81. The molecule has 0 saturated carbocycles. The van der Waals surface area contributed by atoms with Crippen molar-refractivity contribution in [1.82, 2.24) is 0 Å². The zero-order chi connectivity index (χ0) is 30.0. The Morgan fingerprint density at radius 3 is 1.31 bits per heavy atom. The van der Waals surface area contributed by atoms with E-state index in [1.165, 1.54) is 0 Å². The highest BCUT2D eigenvalue weighted by Gasteiger charge is 2.18. The second-order valence-electron chi connectivity index (χ2n) is 7.94. The van der Waals surface area contributed by atoms with Crippen LogP contribution in [-0.4, -0.2) is 60.5 Å². The lowest BCUT2D eigenvalue weighted by molar-refractivity contribution is -0.193. The number of hydrogen-bond donors (Lipinski definition) is 1. The SMILES string of the molecule is CC(C)CC(=O)OC(C)C.CC(C)OC(=O)/C(=C\C(F)F)C(C)C.CC(O)C(F)F.O=C=O.O=C=O. The summed E-state index contributed by atoms with van der Waals surface area (Å²) in [5, 5.41) is 7.88. The molecule has 0 amide bonds. The molecule has 0 aromatic carbocycles. The Hall–Kier alpha value is -2.88. The van der Waals surface area contributed by atoms with E-state index in [2.05, 4.69) is 0 Å². The van der Waals surface area contributed by atoms with Crippen LogP contribution in [0.3, 0.4) is 0 Å². The molecule has 0 fully saturated rings. The molecule has 36 heavy (non-hydrogen) atoms. The fourth-order valence-electron chi connectivity index (χ4n) is 1.56. The fraction of sp³-hybridized carbons (Fsp3) is 0.739. The van der Waals surface area contributed by atoms with Crippen LogP contribution < -0.4 is 0 Å². The Balaban J connectivity index is -0.000000127. The number of carbonyl (C=O) groups is 2. The van der Waals surface area contributed by atoms with Gasteiger partial charge in [-0.05, 0) is 52.5 Å². The quantitative estimate of drug-likeness (QED) is 0.275. The van der Waals surface area contributed by atoms with E-state index in [1.807, 2.05) is 27.7 Å². The van der Waals surface area contributed by atoms with Crippen molar-refractivity contribution in [2.45, 2.75) is 99.9 Å². The Kier molecular flexibility index (Phi) is 34.0. The van der Waals surface area contributed by atoms with Crippen molar-refractivity contribution in [3.8, 4) is 0 Å². The van der Waals surface area contributed by atoms with E-state index in [0.29, 0.717) is 18.4 Å². The van der Waals surface area contributed by atoms with Crippen molar-refractivity contribution in [2.24, 2.45) is 11.8 Å². The van der Waals surface area contributed by atoms with Gasteiger partial charge in [-0.2, -0.15) is 19.2 Å².